The lowest BCUT2D eigenvalue weighted by atomic mass is 10.1. The second-order valence-electron chi connectivity index (χ2n) is 7.82. The van der Waals surface area contributed by atoms with Crippen LogP contribution in [0.5, 0.6) is 11.5 Å². The predicted octanol–water partition coefficient (Wildman–Crippen LogP) is 2.98. The van der Waals surface area contributed by atoms with Gasteiger partial charge in [-0.2, -0.15) is 0 Å². The van der Waals surface area contributed by atoms with Gasteiger partial charge in [-0.25, -0.2) is 15.0 Å². The first-order chi connectivity index (χ1) is 16.0. The third kappa shape index (κ3) is 4.14. The van der Waals surface area contributed by atoms with E-state index >= 15 is 0 Å². The molecule has 0 saturated carbocycles. The molecule has 1 aliphatic heterocycles. The fourth-order valence-electron chi connectivity index (χ4n) is 3.99. The molecule has 10 heteroatoms. The number of fused-ring (bicyclic) bond motifs is 1. The summed E-state index contributed by atoms with van der Waals surface area (Å²) in [6.45, 7) is 2.35. The average molecular weight is 465 g/mol. The molecule has 33 heavy (non-hydrogen) atoms. The number of hydrogen-bond donors (Lipinski definition) is 3. The summed E-state index contributed by atoms with van der Waals surface area (Å²) in [5.74, 6) is 1.04. The Bertz CT molecular complexity index is 1330. The Morgan fingerprint density at radius 2 is 1.85 bits per heavy atom. The highest BCUT2D eigenvalue weighted by Crippen LogP contribution is 2.32. The zero-order chi connectivity index (χ0) is 22.9. The maximum absolute atomic E-state index is 12.8. The van der Waals surface area contributed by atoms with Crippen molar-refractivity contribution in [1.29, 1.82) is 0 Å². The lowest BCUT2D eigenvalue weighted by molar-refractivity contribution is -0.130. The molecule has 1 aliphatic rings. The van der Waals surface area contributed by atoms with E-state index in [9.17, 15) is 15.0 Å². The first-order valence-corrected chi connectivity index (χ1v) is 10.9. The molecular formula is C23H21ClN6O3. The quantitative estimate of drug-likeness (QED) is 0.425. The van der Waals surface area contributed by atoms with E-state index < -0.39 is 0 Å². The third-order valence-electron chi connectivity index (χ3n) is 5.74. The van der Waals surface area contributed by atoms with E-state index in [0.717, 1.165) is 5.56 Å². The Labute approximate surface area is 194 Å². The normalized spacial score (nSPS) is 14.1. The molecule has 4 aromatic rings. The van der Waals surface area contributed by atoms with Crippen LogP contribution in [0.1, 0.15) is 5.56 Å². The number of carbonyl (C=O) groups is 1. The number of nitrogens with zero attached hydrogens (tertiary/aromatic N) is 5. The summed E-state index contributed by atoms with van der Waals surface area (Å²) >= 11 is 6.20. The van der Waals surface area contributed by atoms with Crippen molar-refractivity contribution in [3.05, 3.63) is 59.4 Å². The van der Waals surface area contributed by atoms with Gasteiger partial charge in [0, 0.05) is 37.3 Å². The molecule has 5 rings (SSSR count). The van der Waals surface area contributed by atoms with Gasteiger partial charge in [-0.3, -0.25) is 4.79 Å². The second-order valence-corrected chi connectivity index (χ2v) is 8.23. The van der Waals surface area contributed by atoms with Gasteiger partial charge in [-0.05, 0) is 23.8 Å². The Balaban J connectivity index is 1.33. The van der Waals surface area contributed by atoms with Crippen LogP contribution in [-0.4, -0.2) is 67.1 Å². The summed E-state index contributed by atoms with van der Waals surface area (Å²) in [5, 5.41) is 20.3. The van der Waals surface area contributed by atoms with Gasteiger partial charge in [0.15, 0.2) is 11.5 Å². The average Bonchev–Trinajstić information content (AvgIpc) is 3.25. The molecule has 3 N–H and O–H groups in total. The van der Waals surface area contributed by atoms with Crippen molar-refractivity contribution >= 4 is 34.5 Å². The Morgan fingerprint density at radius 3 is 2.61 bits per heavy atom. The molecule has 1 amide bonds. The summed E-state index contributed by atoms with van der Waals surface area (Å²) in [6.07, 6.45) is 1.73. The molecule has 0 radical (unpaired) electrons. The van der Waals surface area contributed by atoms with Crippen molar-refractivity contribution < 1.29 is 15.0 Å². The fourth-order valence-corrected chi connectivity index (χ4v) is 4.19. The molecule has 168 valence electrons. The number of H-pyrrole nitrogens is 1. The van der Waals surface area contributed by atoms with Crippen LogP contribution >= 0.6 is 11.6 Å². The van der Waals surface area contributed by atoms with Crippen LogP contribution in [0.3, 0.4) is 0 Å². The molecule has 0 unspecified atom stereocenters. The number of aromatic nitrogens is 4. The summed E-state index contributed by atoms with van der Waals surface area (Å²) in [7, 11) is 0. The van der Waals surface area contributed by atoms with Crippen molar-refractivity contribution in [2.24, 2.45) is 0 Å². The van der Waals surface area contributed by atoms with Crippen molar-refractivity contribution in [1.82, 2.24) is 24.8 Å². The molecule has 1 saturated heterocycles. The smallest absolute Gasteiger partial charge is 0.227 e. The number of carbonyl (C=O) groups excluding carboxylic acids is 1. The predicted molar refractivity (Wildman–Crippen MR) is 124 cm³/mol. The summed E-state index contributed by atoms with van der Waals surface area (Å²) in [4.78, 5) is 33.0. The number of phenolic OH excluding ortho intramolecular Hbond substituents is 2. The number of phenols is 2. The summed E-state index contributed by atoms with van der Waals surface area (Å²) in [6, 6.07) is 11.7. The van der Waals surface area contributed by atoms with E-state index in [2.05, 4.69) is 24.8 Å². The highest BCUT2D eigenvalue weighted by molar-refractivity contribution is 6.31. The number of hydrogen-bond acceptors (Lipinski definition) is 7. The Hall–Kier alpha value is -3.85. The van der Waals surface area contributed by atoms with Crippen LogP contribution in [-0.2, 0) is 11.2 Å². The van der Waals surface area contributed by atoms with E-state index in [0.29, 0.717) is 59.6 Å². The maximum atomic E-state index is 12.8. The topological polar surface area (TPSA) is 118 Å². The minimum Gasteiger partial charge on any atom is -0.508 e. The lowest BCUT2D eigenvalue weighted by Crippen LogP contribution is -2.49. The lowest BCUT2D eigenvalue weighted by Gasteiger charge is -2.35. The molecule has 2 aromatic heterocycles. The van der Waals surface area contributed by atoms with E-state index in [1.807, 2.05) is 23.1 Å². The van der Waals surface area contributed by atoms with Crippen molar-refractivity contribution in [3.63, 3.8) is 0 Å². The van der Waals surface area contributed by atoms with Gasteiger partial charge in [0.05, 0.1) is 12.0 Å². The van der Waals surface area contributed by atoms with Gasteiger partial charge in [0.1, 0.15) is 29.2 Å². The standard InChI is InChI=1S/C23H21ClN6O3/c24-17-4-2-1-3-14(17)11-19(33)29-7-9-30(10-8-29)23-20-22(25-13-26-23)28-21(27-20)16-6-5-15(31)12-18(16)32/h1-6,12-13,31-32H,7-11H2,(H,25,26,27,28). The van der Waals surface area contributed by atoms with E-state index in [1.54, 1.807) is 12.1 Å². The molecule has 0 bridgehead atoms. The maximum Gasteiger partial charge on any atom is 0.227 e. The number of rotatable bonds is 4. The van der Waals surface area contributed by atoms with Crippen LogP contribution in [0, 0.1) is 0 Å². The summed E-state index contributed by atoms with van der Waals surface area (Å²) in [5.41, 5.74) is 2.40. The number of benzene rings is 2. The number of imidazole rings is 1. The third-order valence-corrected chi connectivity index (χ3v) is 6.10. The van der Waals surface area contributed by atoms with Gasteiger partial charge in [0.25, 0.3) is 0 Å². The SMILES string of the molecule is O=C(Cc1ccccc1Cl)N1CCN(c2ncnc3nc(-c4ccc(O)cc4O)[nH]c23)CC1. The van der Waals surface area contributed by atoms with Crippen LogP contribution in [0.15, 0.2) is 48.8 Å². The van der Waals surface area contributed by atoms with Crippen LogP contribution in [0.2, 0.25) is 5.02 Å². The molecule has 1 fully saturated rings. The van der Waals surface area contributed by atoms with Gasteiger partial charge >= 0.3 is 0 Å². The number of anilines is 1. The number of aromatic hydroxyl groups is 2. The van der Waals surface area contributed by atoms with E-state index in [4.69, 9.17) is 11.6 Å². The monoisotopic (exact) mass is 464 g/mol. The van der Waals surface area contributed by atoms with Gasteiger partial charge in [-0.15, -0.1) is 0 Å². The van der Waals surface area contributed by atoms with Crippen LogP contribution in [0.4, 0.5) is 5.82 Å². The number of halogens is 1. The minimum atomic E-state index is -0.0887. The van der Waals surface area contributed by atoms with Gasteiger partial charge in [0.2, 0.25) is 5.91 Å². The largest absolute Gasteiger partial charge is 0.508 e. The molecular weight excluding hydrogens is 444 g/mol. The molecule has 0 spiro atoms. The van der Waals surface area contributed by atoms with Gasteiger partial charge < -0.3 is 25.0 Å². The molecule has 9 nitrogen and oxygen atoms in total. The Kier molecular flexibility index (Phi) is 5.47. The van der Waals surface area contributed by atoms with Gasteiger partial charge in [-0.1, -0.05) is 29.8 Å². The highest BCUT2D eigenvalue weighted by atomic mass is 35.5. The zero-order valence-corrected chi connectivity index (χ0v) is 18.3. The number of piperazine rings is 1. The minimum absolute atomic E-state index is 0.0326. The second kappa shape index (κ2) is 8.59. The number of nitrogens with one attached hydrogen (secondary N) is 1. The first kappa shape index (κ1) is 21.0. The number of aromatic amines is 1. The summed E-state index contributed by atoms with van der Waals surface area (Å²) < 4.78 is 0. The molecule has 0 atom stereocenters. The Morgan fingerprint density at radius 1 is 1.06 bits per heavy atom. The molecule has 3 heterocycles. The molecule has 0 aliphatic carbocycles. The zero-order valence-electron chi connectivity index (χ0n) is 17.6. The van der Waals surface area contributed by atoms with Crippen molar-refractivity contribution in [2.45, 2.75) is 6.42 Å². The fraction of sp³-hybridized carbons (Fsp3) is 0.217. The van der Waals surface area contributed by atoms with Crippen LogP contribution < -0.4 is 4.90 Å². The number of amides is 1. The first-order valence-electron chi connectivity index (χ1n) is 10.5. The van der Waals surface area contributed by atoms with Crippen molar-refractivity contribution in [3.8, 4) is 22.9 Å². The van der Waals surface area contributed by atoms with Crippen LogP contribution in [0.25, 0.3) is 22.6 Å². The van der Waals surface area contributed by atoms with Crippen molar-refractivity contribution in [2.75, 3.05) is 31.1 Å². The molecule has 2 aromatic carbocycles. The highest BCUT2D eigenvalue weighted by Gasteiger charge is 2.25. The van der Waals surface area contributed by atoms with E-state index in [1.165, 1.54) is 18.5 Å². The van der Waals surface area contributed by atoms with E-state index in [-0.39, 0.29) is 23.8 Å².